The van der Waals surface area contributed by atoms with E-state index < -0.39 is 0 Å². The Hall–Kier alpha value is -1.68. The Balaban J connectivity index is 2.08. The van der Waals surface area contributed by atoms with E-state index in [4.69, 9.17) is 5.73 Å². The van der Waals surface area contributed by atoms with E-state index in [1.807, 2.05) is 25.3 Å². The molecule has 0 aromatic carbocycles. The van der Waals surface area contributed by atoms with Crippen LogP contribution in [0.5, 0.6) is 0 Å². The highest BCUT2D eigenvalue weighted by Crippen LogP contribution is 2.15. The van der Waals surface area contributed by atoms with Crippen LogP contribution in [-0.4, -0.2) is 21.0 Å². The number of aryl methyl sites for hydroxylation is 1. The van der Waals surface area contributed by atoms with Gasteiger partial charge in [-0.25, -0.2) is 4.98 Å². The van der Waals surface area contributed by atoms with Gasteiger partial charge in [-0.3, -0.25) is 4.98 Å². The lowest BCUT2D eigenvalue weighted by molar-refractivity contribution is 0.652. The molecule has 0 saturated carbocycles. The van der Waals surface area contributed by atoms with Crippen LogP contribution in [0.15, 0.2) is 30.7 Å². The predicted octanol–water partition coefficient (Wildman–Crippen LogP) is 1.75. The lowest BCUT2D eigenvalue weighted by Gasteiger charge is -2.01. The smallest absolute Gasteiger partial charge is 0.106 e. The summed E-state index contributed by atoms with van der Waals surface area (Å²) in [7, 11) is 0. The third kappa shape index (κ3) is 2.67. The fraction of sp³-hybridized carbons (Fsp3) is 0.333. The molecule has 0 bridgehead atoms. The molecule has 0 amide bonds. The summed E-state index contributed by atoms with van der Waals surface area (Å²) in [5.74, 6) is 0.990. The fourth-order valence-corrected chi connectivity index (χ4v) is 1.53. The topological polar surface area (TPSA) is 67.6 Å². The molecule has 0 aliphatic heterocycles. The molecule has 0 fully saturated rings. The van der Waals surface area contributed by atoms with Gasteiger partial charge in [0.2, 0.25) is 0 Å². The van der Waals surface area contributed by atoms with E-state index in [2.05, 4.69) is 15.0 Å². The van der Waals surface area contributed by atoms with Gasteiger partial charge in [0.25, 0.3) is 0 Å². The van der Waals surface area contributed by atoms with Crippen LogP contribution in [0.1, 0.15) is 19.2 Å². The highest BCUT2D eigenvalue weighted by atomic mass is 14.9. The number of H-pyrrole nitrogens is 1. The standard InChI is InChI=1S/C12H16N4/c1-9(13)2-3-12-15-8-11(16-12)10-4-6-14-7-5-10/h4-9H,2-3,13H2,1H3,(H,15,16). The zero-order chi connectivity index (χ0) is 11.4. The van der Waals surface area contributed by atoms with Gasteiger partial charge in [0.1, 0.15) is 5.82 Å². The van der Waals surface area contributed by atoms with Crippen molar-refractivity contribution < 1.29 is 0 Å². The van der Waals surface area contributed by atoms with Crippen molar-refractivity contribution in [3.05, 3.63) is 36.5 Å². The summed E-state index contributed by atoms with van der Waals surface area (Å²) in [4.78, 5) is 11.6. The molecule has 0 aliphatic carbocycles. The molecule has 1 unspecified atom stereocenters. The number of aromatic amines is 1. The van der Waals surface area contributed by atoms with Gasteiger partial charge >= 0.3 is 0 Å². The Labute approximate surface area is 94.9 Å². The maximum atomic E-state index is 5.71. The molecule has 0 spiro atoms. The van der Waals surface area contributed by atoms with E-state index in [-0.39, 0.29) is 6.04 Å². The van der Waals surface area contributed by atoms with Crippen LogP contribution in [-0.2, 0) is 6.42 Å². The molecule has 1 atom stereocenters. The van der Waals surface area contributed by atoms with Crippen molar-refractivity contribution in [1.29, 1.82) is 0 Å². The first kappa shape index (κ1) is 10.8. The van der Waals surface area contributed by atoms with Gasteiger partial charge in [-0.05, 0) is 25.5 Å². The normalized spacial score (nSPS) is 12.6. The molecule has 0 radical (unpaired) electrons. The number of pyridine rings is 1. The van der Waals surface area contributed by atoms with Crippen LogP contribution in [0.4, 0.5) is 0 Å². The van der Waals surface area contributed by atoms with Crippen molar-refractivity contribution in [1.82, 2.24) is 15.0 Å². The van der Waals surface area contributed by atoms with Crippen molar-refractivity contribution in [2.75, 3.05) is 0 Å². The van der Waals surface area contributed by atoms with Crippen molar-refractivity contribution in [2.45, 2.75) is 25.8 Å². The summed E-state index contributed by atoms with van der Waals surface area (Å²) in [6.07, 6.45) is 7.24. The zero-order valence-electron chi connectivity index (χ0n) is 9.35. The van der Waals surface area contributed by atoms with Gasteiger partial charge in [-0.1, -0.05) is 0 Å². The first-order chi connectivity index (χ1) is 7.75. The van der Waals surface area contributed by atoms with E-state index in [0.29, 0.717) is 0 Å². The predicted molar refractivity (Wildman–Crippen MR) is 63.8 cm³/mol. The summed E-state index contributed by atoms with van der Waals surface area (Å²) >= 11 is 0. The molecule has 84 valence electrons. The number of hydrogen-bond donors (Lipinski definition) is 2. The van der Waals surface area contributed by atoms with Gasteiger partial charge in [0.05, 0.1) is 11.9 Å². The molecule has 2 aromatic rings. The van der Waals surface area contributed by atoms with Crippen molar-refractivity contribution in [2.24, 2.45) is 5.73 Å². The van der Waals surface area contributed by atoms with Crippen molar-refractivity contribution >= 4 is 0 Å². The van der Waals surface area contributed by atoms with Gasteiger partial charge in [-0.2, -0.15) is 0 Å². The highest BCUT2D eigenvalue weighted by Gasteiger charge is 2.03. The van der Waals surface area contributed by atoms with Crippen LogP contribution in [0, 0.1) is 0 Å². The first-order valence-corrected chi connectivity index (χ1v) is 5.45. The van der Waals surface area contributed by atoms with Crippen LogP contribution < -0.4 is 5.73 Å². The number of rotatable bonds is 4. The minimum atomic E-state index is 0.217. The average molecular weight is 216 g/mol. The number of nitrogens with zero attached hydrogens (tertiary/aromatic N) is 2. The van der Waals surface area contributed by atoms with Gasteiger partial charge in [0, 0.05) is 30.4 Å². The number of nitrogens with two attached hydrogens (primary N) is 1. The molecule has 3 N–H and O–H groups in total. The molecule has 4 heteroatoms. The van der Waals surface area contributed by atoms with E-state index in [1.54, 1.807) is 12.4 Å². The molecule has 16 heavy (non-hydrogen) atoms. The minimum Gasteiger partial charge on any atom is -0.342 e. The molecule has 2 rings (SSSR count). The molecule has 0 aliphatic rings. The van der Waals surface area contributed by atoms with Gasteiger partial charge in [-0.15, -0.1) is 0 Å². The molecular weight excluding hydrogens is 200 g/mol. The van der Waals surface area contributed by atoms with E-state index in [0.717, 1.165) is 29.9 Å². The quantitative estimate of drug-likeness (QED) is 0.818. The number of imidazole rings is 1. The summed E-state index contributed by atoms with van der Waals surface area (Å²) in [5, 5.41) is 0. The lowest BCUT2D eigenvalue weighted by Crippen LogP contribution is -2.15. The largest absolute Gasteiger partial charge is 0.342 e. The Morgan fingerprint density at radius 3 is 2.81 bits per heavy atom. The number of hydrogen-bond acceptors (Lipinski definition) is 3. The second-order valence-corrected chi connectivity index (χ2v) is 4.00. The van der Waals surface area contributed by atoms with E-state index in [1.165, 1.54) is 0 Å². The van der Waals surface area contributed by atoms with E-state index in [9.17, 15) is 0 Å². The average Bonchev–Trinajstić information content (AvgIpc) is 2.76. The zero-order valence-corrected chi connectivity index (χ0v) is 9.35. The summed E-state index contributed by atoms with van der Waals surface area (Å²) < 4.78 is 0. The van der Waals surface area contributed by atoms with Crippen LogP contribution >= 0.6 is 0 Å². The maximum absolute atomic E-state index is 5.71. The van der Waals surface area contributed by atoms with Crippen molar-refractivity contribution in [3.63, 3.8) is 0 Å². The number of nitrogens with one attached hydrogen (secondary N) is 1. The summed E-state index contributed by atoms with van der Waals surface area (Å²) in [6.45, 7) is 2.01. The van der Waals surface area contributed by atoms with E-state index >= 15 is 0 Å². The lowest BCUT2D eigenvalue weighted by atomic mass is 10.2. The molecule has 2 heterocycles. The molecule has 4 nitrogen and oxygen atoms in total. The monoisotopic (exact) mass is 216 g/mol. The van der Waals surface area contributed by atoms with Crippen LogP contribution in [0.3, 0.4) is 0 Å². The third-order valence-corrected chi connectivity index (χ3v) is 2.46. The molecule has 0 saturated heterocycles. The first-order valence-electron chi connectivity index (χ1n) is 5.45. The SMILES string of the molecule is CC(N)CCc1ncc(-c2ccncc2)[nH]1. The maximum Gasteiger partial charge on any atom is 0.106 e. The highest BCUT2D eigenvalue weighted by molar-refractivity contribution is 5.57. The molecular formula is C12H16N4. The Morgan fingerprint density at radius 2 is 2.12 bits per heavy atom. The summed E-state index contributed by atoms with van der Waals surface area (Å²) in [6, 6.07) is 4.14. The molecule has 2 aromatic heterocycles. The Bertz CT molecular complexity index is 433. The van der Waals surface area contributed by atoms with Crippen LogP contribution in [0.2, 0.25) is 0 Å². The Morgan fingerprint density at radius 1 is 1.38 bits per heavy atom. The second-order valence-electron chi connectivity index (χ2n) is 4.00. The van der Waals surface area contributed by atoms with Crippen LogP contribution in [0.25, 0.3) is 11.3 Å². The van der Waals surface area contributed by atoms with Gasteiger partial charge in [0.15, 0.2) is 0 Å². The van der Waals surface area contributed by atoms with Gasteiger partial charge < -0.3 is 10.7 Å². The van der Waals surface area contributed by atoms with Crippen molar-refractivity contribution in [3.8, 4) is 11.3 Å². The summed E-state index contributed by atoms with van der Waals surface area (Å²) in [5.41, 5.74) is 7.84. The second kappa shape index (κ2) is 4.90. The minimum absolute atomic E-state index is 0.217. The third-order valence-electron chi connectivity index (χ3n) is 2.46. The fourth-order valence-electron chi connectivity index (χ4n) is 1.53. The number of aromatic nitrogens is 3. The Kier molecular flexibility index (Phi) is 3.31.